The summed E-state index contributed by atoms with van der Waals surface area (Å²) in [7, 11) is 1.72. The van der Waals surface area contributed by atoms with Crippen LogP contribution in [0.15, 0.2) is 30.9 Å². The molecule has 1 N–H and O–H groups in total. The highest BCUT2D eigenvalue weighted by atomic mass is 16.5. The molecule has 2 nitrogen and oxygen atoms in total. The number of methoxy groups -OCH3 is 1. The molecular weight excluding hydrogens is 210 g/mol. The lowest BCUT2D eigenvalue weighted by atomic mass is 10.00. The Morgan fingerprint density at radius 1 is 1.47 bits per heavy atom. The van der Waals surface area contributed by atoms with Gasteiger partial charge in [0, 0.05) is 6.04 Å². The number of ether oxygens (including phenoxy) is 1. The first-order valence-corrected chi connectivity index (χ1v) is 6.21. The molecule has 0 aromatic heterocycles. The van der Waals surface area contributed by atoms with Crippen molar-refractivity contribution in [3.05, 3.63) is 42.0 Å². The van der Waals surface area contributed by atoms with Crippen LogP contribution in [-0.2, 0) is 0 Å². The van der Waals surface area contributed by atoms with E-state index in [1.807, 2.05) is 6.08 Å². The molecule has 0 fully saturated rings. The fourth-order valence-electron chi connectivity index (χ4n) is 1.97. The van der Waals surface area contributed by atoms with E-state index in [1.165, 1.54) is 11.1 Å². The normalized spacial score (nSPS) is 12.2. The van der Waals surface area contributed by atoms with E-state index < -0.39 is 0 Å². The molecule has 0 aliphatic heterocycles. The SMILES string of the molecule is C=CCCC(NCC)c1ccc(C)c(OC)c1. The van der Waals surface area contributed by atoms with Gasteiger partial charge in [-0.05, 0) is 43.5 Å². The summed E-state index contributed by atoms with van der Waals surface area (Å²) in [6.07, 6.45) is 4.06. The minimum atomic E-state index is 0.382. The van der Waals surface area contributed by atoms with Crippen molar-refractivity contribution >= 4 is 0 Å². The Bertz CT molecular complexity index is 360. The Morgan fingerprint density at radius 3 is 2.82 bits per heavy atom. The zero-order valence-electron chi connectivity index (χ0n) is 11.1. The highest BCUT2D eigenvalue weighted by Gasteiger charge is 2.11. The lowest BCUT2D eigenvalue weighted by Crippen LogP contribution is -2.20. The van der Waals surface area contributed by atoms with Crippen LogP contribution >= 0.6 is 0 Å². The van der Waals surface area contributed by atoms with E-state index in [0.29, 0.717) is 6.04 Å². The van der Waals surface area contributed by atoms with Crippen molar-refractivity contribution < 1.29 is 4.74 Å². The fraction of sp³-hybridized carbons (Fsp3) is 0.467. The van der Waals surface area contributed by atoms with Crippen molar-refractivity contribution in [2.45, 2.75) is 32.7 Å². The van der Waals surface area contributed by atoms with E-state index in [4.69, 9.17) is 4.74 Å². The smallest absolute Gasteiger partial charge is 0.122 e. The fourth-order valence-corrected chi connectivity index (χ4v) is 1.97. The van der Waals surface area contributed by atoms with Crippen LogP contribution < -0.4 is 10.1 Å². The molecule has 0 amide bonds. The first-order valence-electron chi connectivity index (χ1n) is 6.21. The zero-order chi connectivity index (χ0) is 12.7. The summed E-state index contributed by atoms with van der Waals surface area (Å²) in [4.78, 5) is 0. The van der Waals surface area contributed by atoms with Crippen LogP contribution in [0.2, 0.25) is 0 Å². The summed E-state index contributed by atoms with van der Waals surface area (Å²) in [5, 5.41) is 3.50. The maximum absolute atomic E-state index is 5.37. The van der Waals surface area contributed by atoms with Gasteiger partial charge < -0.3 is 10.1 Å². The van der Waals surface area contributed by atoms with Crippen LogP contribution in [0.3, 0.4) is 0 Å². The third-order valence-electron chi connectivity index (χ3n) is 2.94. The monoisotopic (exact) mass is 233 g/mol. The van der Waals surface area contributed by atoms with Gasteiger partial charge in [-0.1, -0.05) is 25.1 Å². The lowest BCUT2D eigenvalue weighted by Gasteiger charge is -2.19. The Morgan fingerprint density at radius 2 is 2.24 bits per heavy atom. The Balaban J connectivity index is 2.88. The molecule has 0 aliphatic rings. The van der Waals surface area contributed by atoms with E-state index in [-0.39, 0.29) is 0 Å². The highest BCUT2D eigenvalue weighted by molar-refractivity contribution is 5.37. The second kappa shape index (κ2) is 7.13. The molecule has 1 aromatic rings. The number of aryl methyl sites for hydroxylation is 1. The topological polar surface area (TPSA) is 21.3 Å². The van der Waals surface area contributed by atoms with E-state index in [9.17, 15) is 0 Å². The van der Waals surface area contributed by atoms with Gasteiger partial charge in [0.25, 0.3) is 0 Å². The summed E-state index contributed by atoms with van der Waals surface area (Å²) in [6, 6.07) is 6.80. The van der Waals surface area contributed by atoms with E-state index >= 15 is 0 Å². The Hall–Kier alpha value is -1.28. The minimum absolute atomic E-state index is 0.382. The molecule has 1 aromatic carbocycles. The van der Waals surface area contributed by atoms with Gasteiger partial charge in [-0.2, -0.15) is 0 Å². The van der Waals surface area contributed by atoms with E-state index in [0.717, 1.165) is 25.1 Å². The van der Waals surface area contributed by atoms with Gasteiger partial charge in [-0.3, -0.25) is 0 Å². The number of benzene rings is 1. The third kappa shape index (κ3) is 3.90. The molecule has 0 saturated heterocycles. The van der Waals surface area contributed by atoms with Crippen molar-refractivity contribution in [1.82, 2.24) is 5.32 Å². The molecule has 0 heterocycles. The first-order chi connectivity index (χ1) is 8.22. The largest absolute Gasteiger partial charge is 0.496 e. The first kappa shape index (κ1) is 13.8. The van der Waals surface area contributed by atoms with Crippen LogP contribution in [0.5, 0.6) is 5.75 Å². The molecule has 0 aliphatic carbocycles. The highest BCUT2D eigenvalue weighted by Crippen LogP contribution is 2.25. The second-order valence-corrected chi connectivity index (χ2v) is 4.21. The van der Waals surface area contributed by atoms with Crippen LogP contribution in [0.25, 0.3) is 0 Å². The summed E-state index contributed by atoms with van der Waals surface area (Å²) in [5.41, 5.74) is 2.46. The van der Waals surface area contributed by atoms with E-state index in [1.54, 1.807) is 7.11 Å². The van der Waals surface area contributed by atoms with Crippen molar-refractivity contribution in [2.75, 3.05) is 13.7 Å². The molecule has 1 unspecified atom stereocenters. The number of hydrogen-bond donors (Lipinski definition) is 1. The number of rotatable bonds is 7. The van der Waals surface area contributed by atoms with Gasteiger partial charge in [0.15, 0.2) is 0 Å². The summed E-state index contributed by atoms with van der Waals surface area (Å²) in [6.45, 7) is 8.95. The number of hydrogen-bond acceptors (Lipinski definition) is 2. The predicted molar refractivity (Wildman–Crippen MR) is 73.6 cm³/mol. The van der Waals surface area contributed by atoms with Gasteiger partial charge in [0.05, 0.1) is 7.11 Å². The second-order valence-electron chi connectivity index (χ2n) is 4.21. The van der Waals surface area contributed by atoms with Gasteiger partial charge in [0.2, 0.25) is 0 Å². The molecule has 0 bridgehead atoms. The van der Waals surface area contributed by atoms with Gasteiger partial charge >= 0.3 is 0 Å². The Kier molecular flexibility index (Phi) is 5.78. The molecule has 0 radical (unpaired) electrons. The van der Waals surface area contributed by atoms with Crippen molar-refractivity contribution in [3.8, 4) is 5.75 Å². The Labute approximate surface area is 105 Å². The van der Waals surface area contributed by atoms with Crippen molar-refractivity contribution in [3.63, 3.8) is 0 Å². The molecule has 17 heavy (non-hydrogen) atoms. The number of nitrogens with one attached hydrogen (secondary N) is 1. The molecular formula is C15H23NO. The van der Waals surface area contributed by atoms with Gasteiger partial charge in [-0.25, -0.2) is 0 Å². The van der Waals surface area contributed by atoms with Gasteiger partial charge in [-0.15, -0.1) is 6.58 Å². The standard InChI is InChI=1S/C15H23NO/c1-5-7-8-14(16-6-2)13-10-9-12(3)15(11-13)17-4/h5,9-11,14,16H,1,6-8H2,2-4H3. The van der Waals surface area contributed by atoms with Crippen molar-refractivity contribution in [2.24, 2.45) is 0 Å². The van der Waals surface area contributed by atoms with Crippen LogP contribution in [0.4, 0.5) is 0 Å². The maximum Gasteiger partial charge on any atom is 0.122 e. The summed E-state index contributed by atoms with van der Waals surface area (Å²) < 4.78 is 5.37. The van der Waals surface area contributed by atoms with Crippen LogP contribution in [-0.4, -0.2) is 13.7 Å². The molecule has 1 atom stereocenters. The average molecular weight is 233 g/mol. The average Bonchev–Trinajstić information content (AvgIpc) is 2.35. The lowest BCUT2D eigenvalue weighted by molar-refractivity contribution is 0.409. The minimum Gasteiger partial charge on any atom is -0.496 e. The zero-order valence-corrected chi connectivity index (χ0v) is 11.1. The number of allylic oxidation sites excluding steroid dienone is 1. The van der Waals surface area contributed by atoms with Crippen LogP contribution in [0.1, 0.15) is 36.9 Å². The van der Waals surface area contributed by atoms with Crippen molar-refractivity contribution in [1.29, 1.82) is 0 Å². The molecule has 2 heteroatoms. The summed E-state index contributed by atoms with van der Waals surface area (Å²) in [5.74, 6) is 0.962. The molecule has 0 saturated carbocycles. The van der Waals surface area contributed by atoms with Gasteiger partial charge in [0.1, 0.15) is 5.75 Å². The molecule has 94 valence electrons. The predicted octanol–water partition coefficient (Wildman–Crippen LogP) is 3.62. The third-order valence-corrected chi connectivity index (χ3v) is 2.94. The maximum atomic E-state index is 5.37. The van der Waals surface area contributed by atoms with Crippen LogP contribution in [0, 0.1) is 6.92 Å². The summed E-state index contributed by atoms with van der Waals surface area (Å²) >= 11 is 0. The van der Waals surface area contributed by atoms with E-state index in [2.05, 4.69) is 43.9 Å². The molecule has 0 spiro atoms. The quantitative estimate of drug-likeness (QED) is 0.726. The molecule has 1 rings (SSSR count).